The van der Waals surface area contributed by atoms with Gasteiger partial charge in [-0.1, -0.05) is 18.2 Å². The van der Waals surface area contributed by atoms with Crippen LogP contribution >= 0.6 is 0 Å². The van der Waals surface area contributed by atoms with Gasteiger partial charge in [0.2, 0.25) is 0 Å². The van der Waals surface area contributed by atoms with Crippen molar-refractivity contribution in [3.05, 3.63) is 36.0 Å². The summed E-state index contributed by atoms with van der Waals surface area (Å²) < 4.78 is 2.15. The summed E-state index contributed by atoms with van der Waals surface area (Å²) in [6, 6.07) is 7.50. The fourth-order valence-corrected chi connectivity index (χ4v) is 2.19. The number of rotatable bonds is 4. The van der Waals surface area contributed by atoms with Crippen LogP contribution in [0.2, 0.25) is 0 Å². The molecule has 1 atom stereocenters. The first-order chi connectivity index (χ1) is 8.50. The van der Waals surface area contributed by atoms with Crippen LogP contribution in [0.15, 0.2) is 30.5 Å². The predicted molar refractivity (Wildman–Crippen MR) is 71.6 cm³/mol. The maximum atomic E-state index is 10.8. The minimum absolute atomic E-state index is 0.338. The molecule has 0 spiro atoms. The molecule has 0 amide bonds. The second-order valence-electron chi connectivity index (χ2n) is 4.82. The molecule has 0 bridgehead atoms. The van der Waals surface area contributed by atoms with Crippen molar-refractivity contribution in [1.82, 2.24) is 4.57 Å². The van der Waals surface area contributed by atoms with Crippen LogP contribution in [-0.2, 0) is 11.2 Å². The van der Waals surface area contributed by atoms with Gasteiger partial charge in [-0.05, 0) is 25.5 Å². The molecule has 96 valence electrons. The Kier molecular flexibility index (Phi) is 3.39. The Morgan fingerprint density at radius 3 is 2.67 bits per heavy atom. The fraction of sp³-hybridized carbons (Fsp3) is 0.357. The molecule has 2 rings (SSSR count). The molecule has 4 nitrogen and oxygen atoms in total. The van der Waals surface area contributed by atoms with Gasteiger partial charge in [-0.25, -0.2) is 0 Å². The molecule has 0 aliphatic carbocycles. The van der Waals surface area contributed by atoms with Crippen LogP contribution in [-0.4, -0.2) is 21.7 Å². The number of nitrogens with zero attached hydrogens (tertiary/aromatic N) is 1. The molecule has 0 fully saturated rings. The van der Waals surface area contributed by atoms with Crippen molar-refractivity contribution in [3.8, 4) is 0 Å². The molecule has 1 heterocycles. The monoisotopic (exact) mass is 246 g/mol. The van der Waals surface area contributed by atoms with Crippen LogP contribution in [0.4, 0.5) is 0 Å². The van der Waals surface area contributed by atoms with E-state index in [-0.39, 0.29) is 0 Å². The fourth-order valence-electron chi connectivity index (χ4n) is 2.19. The minimum atomic E-state index is -0.962. The number of carboxylic acid groups (broad SMARTS) is 1. The smallest absolute Gasteiger partial charge is 0.320 e. The van der Waals surface area contributed by atoms with Crippen molar-refractivity contribution in [2.24, 2.45) is 5.73 Å². The molecule has 0 radical (unpaired) electrons. The molecule has 3 N–H and O–H groups in total. The first-order valence-electron chi connectivity index (χ1n) is 6.07. The van der Waals surface area contributed by atoms with Gasteiger partial charge in [-0.2, -0.15) is 0 Å². The lowest BCUT2D eigenvalue weighted by Gasteiger charge is -2.08. The van der Waals surface area contributed by atoms with E-state index in [1.54, 1.807) is 0 Å². The first kappa shape index (κ1) is 12.6. The zero-order valence-corrected chi connectivity index (χ0v) is 10.6. The topological polar surface area (TPSA) is 68.2 Å². The number of benzene rings is 1. The molecule has 18 heavy (non-hydrogen) atoms. The van der Waals surface area contributed by atoms with Gasteiger partial charge in [-0.15, -0.1) is 0 Å². The molecule has 2 aromatic rings. The van der Waals surface area contributed by atoms with Crippen molar-refractivity contribution in [2.45, 2.75) is 32.4 Å². The summed E-state index contributed by atoms with van der Waals surface area (Å²) in [7, 11) is 0. The third-order valence-electron chi connectivity index (χ3n) is 3.14. The summed E-state index contributed by atoms with van der Waals surface area (Å²) >= 11 is 0. The van der Waals surface area contributed by atoms with E-state index in [4.69, 9.17) is 10.8 Å². The van der Waals surface area contributed by atoms with Gasteiger partial charge in [0.25, 0.3) is 0 Å². The van der Waals surface area contributed by atoms with Gasteiger partial charge < -0.3 is 15.4 Å². The number of para-hydroxylation sites is 1. The average Bonchev–Trinajstić information content (AvgIpc) is 2.68. The third-order valence-corrected chi connectivity index (χ3v) is 3.14. The van der Waals surface area contributed by atoms with Gasteiger partial charge in [0.1, 0.15) is 6.04 Å². The zero-order chi connectivity index (χ0) is 13.3. The number of carboxylic acids is 1. The van der Waals surface area contributed by atoms with Crippen molar-refractivity contribution in [3.63, 3.8) is 0 Å². The number of hydrogen-bond acceptors (Lipinski definition) is 2. The highest BCUT2D eigenvalue weighted by Crippen LogP contribution is 2.25. The lowest BCUT2D eigenvalue weighted by atomic mass is 10.1. The highest BCUT2D eigenvalue weighted by atomic mass is 16.4. The van der Waals surface area contributed by atoms with E-state index < -0.39 is 12.0 Å². The van der Waals surface area contributed by atoms with Crippen LogP contribution in [0, 0.1) is 0 Å². The average molecular weight is 246 g/mol. The maximum absolute atomic E-state index is 10.8. The summed E-state index contributed by atoms with van der Waals surface area (Å²) in [5, 5.41) is 9.99. The van der Waals surface area contributed by atoms with Gasteiger partial charge in [0.05, 0.1) is 0 Å². The molecule has 0 saturated carbocycles. The van der Waals surface area contributed by atoms with E-state index in [2.05, 4.69) is 18.4 Å². The Hall–Kier alpha value is -1.81. The van der Waals surface area contributed by atoms with E-state index in [1.165, 1.54) is 0 Å². The summed E-state index contributed by atoms with van der Waals surface area (Å²) in [4.78, 5) is 10.8. The number of nitrogens with two attached hydrogens (primary N) is 1. The van der Waals surface area contributed by atoms with Gasteiger partial charge >= 0.3 is 5.97 Å². The number of aromatic nitrogens is 1. The molecular weight excluding hydrogens is 228 g/mol. The van der Waals surface area contributed by atoms with E-state index in [0.29, 0.717) is 12.5 Å². The number of fused-ring (bicyclic) bond motifs is 1. The van der Waals surface area contributed by atoms with Gasteiger partial charge in [0.15, 0.2) is 0 Å². The Morgan fingerprint density at radius 1 is 1.39 bits per heavy atom. The zero-order valence-electron chi connectivity index (χ0n) is 10.6. The lowest BCUT2D eigenvalue weighted by molar-refractivity contribution is -0.138. The molecule has 0 unspecified atom stereocenters. The minimum Gasteiger partial charge on any atom is -0.480 e. The Bertz CT molecular complexity index is 572. The number of carbonyl (C=O) groups is 1. The van der Waals surface area contributed by atoms with Gasteiger partial charge in [0, 0.05) is 29.6 Å². The van der Waals surface area contributed by atoms with E-state index in [0.717, 1.165) is 16.5 Å². The second-order valence-corrected chi connectivity index (χ2v) is 4.82. The number of aliphatic carboxylic acids is 1. The predicted octanol–water partition coefficient (Wildman–Crippen LogP) is 2.18. The molecule has 0 aliphatic rings. The Balaban J connectivity index is 2.48. The highest BCUT2D eigenvalue weighted by molar-refractivity contribution is 5.85. The second kappa shape index (κ2) is 4.82. The molecular formula is C14H18N2O2. The van der Waals surface area contributed by atoms with E-state index in [1.807, 2.05) is 30.5 Å². The SMILES string of the molecule is CC(C)n1cc(C[C@H](N)C(=O)O)c2ccccc21. The summed E-state index contributed by atoms with van der Waals surface area (Å²) in [6.45, 7) is 4.21. The maximum Gasteiger partial charge on any atom is 0.320 e. The Labute approximate surface area is 106 Å². The summed E-state index contributed by atoms with van der Waals surface area (Å²) in [6.07, 6.45) is 2.37. The molecule has 0 saturated heterocycles. The largest absolute Gasteiger partial charge is 0.480 e. The van der Waals surface area contributed by atoms with Crippen molar-refractivity contribution < 1.29 is 9.90 Å². The van der Waals surface area contributed by atoms with Crippen LogP contribution in [0.3, 0.4) is 0 Å². The molecule has 4 heteroatoms. The first-order valence-corrected chi connectivity index (χ1v) is 6.07. The molecule has 0 aliphatic heterocycles. The number of hydrogen-bond donors (Lipinski definition) is 2. The quantitative estimate of drug-likeness (QED) is 0.868. The highest BCUT2D eigenvalue weighted by Gasteiger charge is 2.16. The van der Waals surface area contributed by atoms with Crippen LogP contribution in [0.1, 0.15) is 25.5 Å². The van der Waals surface area contributed by atoms with Crippen LogP contribution in [0.25, 0.3) is 10.9 Å². The Morgan fingerprint density at radius 2 is 2.06 bits per heavy atom. The van der Waals surface area contributed by atoms with Crippen molar-refractivity contribution in [2.75, 3.05) is 0 Å². The van der Waals surface area contributed by atoms with Crippen molar-refractivity contribution in [1.29, 1.82) is 0 Å². The molecule has 1 aromatic carbocycles. The van der Waals surface area contributed by atoms with E-state index in [9.17, 15) is 4.79 Å². The van der Waals surface area contributed by atoms with Crippen LogP contribution < -0.4 is 5.73 Å². The summed E-state index contributed by atoms with van der Waals surface area (Å²) in [5.41, 5.74) is 7.74. The third kappa shape index (κ3) is 2.24. The summed E-state index contributed by atoms with van der Waals surface area (Å²) in [5.74, 6) is -0.962. The lowest BCUT2D eigenvalue weighted by Crippen LogP contribution is -2.32. The van der Waals surface area contributed by atoms with Gasteiger partial charge in [-0.3, -0.25) is 4.79 Å². The normalized spacial score (nSPS) is 13.1. The van der Waals surface area contributed by atoms with E-state index >= 15 is 0 Å². The van der Waals surface area contributed by atoms with Crippen molar-refractivity contribution >= 4 is 16.9 Å². The molecule has 1 aromatic heterocycles. The van der Waals surface area contributed by atoms with Crippen LogP contribution in [0.5, 0.6) is 0 Å². The standard InChI is InChI=1S/C14H18N2O2/c1-9(2)16-8-10(7-12(15)14(17)18)11-5-3-4-6-13(11)16/h3-6,8-9,12H,7,15H2,1-2H3,(H,17,18)/t12-/m0/s1.